The second-order valence-corrected chi connectivity index (χ2v) is 5.78. The zero-order chi connectivity index (χ0) is 16.9. The van der Waals surface area contributed by atoms with E-state index in [1.807, 2.05) is 19.1 Å². The minimum atomic E-state index is -0.335. The zero-order valence-electron chi connectivity index (χ0n) is 13.4. The maximum absolute atomic E-state index is 12.8. The van der Waals surface area contributed by atoms with E-state index in [2.05, 4.69) is 4.98 Å². The third-order valence-corrected chi connectivity index (χ3v) is 3.85. The smallest absolute Gasteiger partial charge is 0.260 e. The molecule has 1 aromatic heterocycles. The molecule has 0 saturated carbocycles. The third-order valence-electron chi connectivity index (χ3n) is 3.85. The first kappa shape index (κ1) is 16.2. The second-order valence-electron chi connectivity index (χ2n) is 5.78. The van der Waals surface area contributed by atoms with Gasteiger partial charge in [0.2, 0.25) is 5.88 Å². The number of hydrogen-bond acceptors (Lipinski definition) is 4. The molecule has 1 amide bonds. The number of likely N-dealkylation sites (tertiary alicyclic amines) is 1. The van der Waals surface area contributed by atoms with E-state index in [9.17, 15) is 9.18 Å². The van der Waals surface area contributed by atoms with Crippen LogP contribution in [0.1, 0.15) is 12.0 Å². The van der Waals surface area contributed by atoms with Crippen LogP contribution in [0.3, 0.4) is 0 Å². The van der Waals surface area contributed by atoms with Gasteiger partial charge in [0.05, 0.1) is 6.54 Å². The normalized spacial score (nSPS) is 16.9. The van der Waals surface area contributed by atoms with Gasteiger partial charge in [0.1, 0.15) is 17.7 Å². The molecule has 0 N–H and O–H groups in total. The number of nitrogens with zero attached hydrogens (tertiary/aromatic N) is 2. The summed E-state index contributed by atoms with van der Waals surface area (Å²) in [5.74, 6) is 0.600. The van der Waals surface area contributed by atoms with Gasteiger partial charge in [0.15, 0.2) is 6.61 Å². The molecule has 1 saturated heterocycles. The second kappa shape index (κ2) is 7.29. The topological polar surface area (TPSA) is 51.7 Å². The molecule has 0 aliphatic carbocycles. The van der Waals surface area contributed by atoms with Crippen LogP contribution >= 0.6 is 0 Å². The van der Waals surface area contributed by atoms with Crippen molar-refractivity contribution < 1.29 is 18.7 Å². The summed E-state index contributed by atoms with van der Waals surface area (Å²) in [7, 11) is 0. The monoisotopic (exact) mass is 330 g/mol. The highest BCUT2D eigenvalue weighted by Gasteiger charge is 2.28. The predicted octanol–water partition coefficient (Wildman–Crippen LogP) is 2.59. The average molecular weight is 330 g/mol. The third kappa shape index (κ3) is 4.22. The van der Waals surface area contributed by atoms with Crippen LogP contribution in [0.4, 0.5) is 4.39 Å². The average Bonchev–Trinajstić information content (AvgIpc) is 3.05. The lowest BCUT2D eigenvalue weighted by Gasteiger charge is -2.17. The van der Waals surface area contributed by atoms with E-state index in [1.165, 1.54) is 24.3 Å². The van der Waals surface area contributed by atoms with E-state index < -0.39 is 0 Å². The van der Waals surface area contributed by atoms with Gasteiger partial charge < -0.3 is 14.4 Å². The minimum Gasteiger partial charge on any atom is -0.484 e. The molecule has 0 bridgehead atoms. The molecule has 0 spiro atoms. The molecule has 1 aliphatic rings. The number of pyridine rings is 1. The SMILES string of the molecule is Cc1ccc(O[C@@H]2CCN(C(=O)COc3ccc(F)cc3)C2)nc1. The maximum atomic E-state index is 12.8. The molecular formula is C18H19FN2O3. The van der Waals surface area contributed by atoms with Crippen molar-refractivity contribution in [3.63, 3.8) is 0 Å². The van der Waals surface area contributed by atoms with Crippen molar-refractivity contribution in [2.75, 3.05) is 19.7 Å². The number of amides is 1. The van der Waals surface area contributed by atoms with Gasteiger partial charge in [-0.25, -0.2) is 9.37 Å². The molecule has 6 heteroatoms. The first-order valence-electron chi connectivity index (χ1n) is 7.85. The largest absolute Gasteiger partial charge is 0.484 e. The number of carbonyl (C=O) groups is 1. The van der Waals surface area contributed by atoms with Gasteiger partial charge in [-0.3, -0.25) is 4.79 Å². The summed E-state index contributed by atoms with van der Waals surface area (Å²) in [6.07, 6.45) is 2.46. The molecule has 0 unspecified atom stereocenters. The summed E-state index contributed by atoms with van der Waals surface area (Å²) in [6, 6.07) is 9.37. The van der Waals surface area contributed by atoms with Crippen molar-refractivity contribution >= 4 is 5.91 Å². The van der Waals surface area contributed by atoms with Crippen LogP contribution in [0.15, 0.2) is 42.6 Å². The van der Waals surface area contributed by atoms with Gasteiger partial charge in [-0.1, -0.05) is 6.07 Å². The molecule has 1 atom stereocenters. The summed E-state index contributed by atoms with van der Waals surface area (Å²) in [4.78, 5) is 18.1. The fourth-order valence-corrected chi connectivity index (χ4v) is 2.51. The molecule has 2 aromatic rings. The van der Waals surface area contributed by atoms with Crippen molar-refractivity contribution in [3.05, 3.63) is 54.0 Å². The Labute approximate surface area is 140 Å². The lowest BCUT2D eigenvalue weighted by Crippen LogP contribution is -2.34. The highest BCUT2D eigenvalue weighted by atomic mass is 19.1. The van der Waals surface area contributed by atoms with Gasteiger partial charge in [-0.15, -0.1) is 0 Å². The number of aryl methyl sites for hydroxylation is 1. The summed E-state index contributed by atoms with van der Waals surface area (Å²) < 4.78 is 24.0. The summed E-state index contributed by atoms with van der Waals surface area (Å²) in [5.41, 5.74) is 1.07. The van der Waals surface area contributed by atoms with Gasteiger partial charge in [-0.2, -0.15) is 0 Å². The Morgan fingerprint density at radius 2 is 2.08 bits per heavy atom. The van der Waals surface area contributed by atoms with E-state index in [4.69, 9.17) is 9.47 Å². The molecule has 1 aromatic carbocycles. The predicted molar refractivity (Wildman–Crippen MR) is 86.5 cm³/mol. The Balaban J connectivity index is 1.46. The maximum Gasteiger partial charge on any atom is 0.260 e. The molecule has 1 fully saturated rings. The lowest BCUT2D eigenvalue weighted by atomic mass is 10.3. The molecule has 24 heavy (non-hydrogen) atoms. The highest BCUT2D eigenvalue weighted by molar-refractivity contribution is 5.78. The lowest BCUT2D eigenvalue weighted by molar-refractivity contribution is -0.132. The summed E-state index contributed by atoms with van der Waals surface area (Å²) >= 11 is 0. The van der Waals surface area contributed by atoms with E-state index in [0.29, 0.717) is 24.7 Å². The van der Waals surface area contributed by atoms with Crippen molar-refractivity contribution in [2.24, 2.45) is 0 Å². The van der Waals surface area contributed by atoms with Crippen molar-refractivity contribution in [1.82, 2.24) is 9.88 Å². The van der Waals surface area contributed by atoms with E-state index in [0.717, 1.165) is 12.0 Å². The van der Waals surface area contributed by atoms with Crippen molar-refractivity contribution in [3.8, 4) is 11.6 Å². The van der Waals surface area contributed by atoms with Crippen LogP contribution < -0.4 is 9.47 Å². The number of halogens is 1. The fraction of sp³-hybridized carbons (Fsp3) is 0.333. The number of rotatable bonds is 5. The Morgan fingerprint density at radius 1 is 1.29 bits per heavy atom. The van der Waals surface area contributed by atoms with Crippen LogP contribution in [0.5, 0.6) is 11.6 Å². The standard InChI is InChI=1S/C18H19FN2O3/c1-13-2-7-17(20-10-13)24-16-8-9-21(11-16)18(22)12-23-15-5-3-14(19)4-6-15/h2-7,10,16H,8-9,11-12H2,1H3/t16-/m1/s1. The Hall–Kier alpha value is -2.63. The van der Waals surface area contributed by atoms with Gasteiger partial charge in [-0.05, 0) is 36.8 Å². The quantitative estimate of drug-likeness (QED) is 0.845. The van der Waals surface area contributed by atoms with Gasteiger partial charge in [0, 0.05) is 25.2 Å². The number of ether oxygens (including phenoxy) is 2. The molecule has 0 radical (unpaired) electrons. The minimum absolute atomic E-state index is 0.0602. The van der Waals surface area contributed by atoms with Crippen LogP contribution in [-0.4, -0.2) is 41.6 Å². The Bertz CT molecular complexity index is 688. The van der Waals surface area contributed by atoms with Crippen LogP contribution in [-0.2, 0) is 4.79 Å². The summed E-state index contributed by atoms with van der Waals surface area (Å²) in [6.45, 7) is 3.04. The number of hydrogen-bond donors (Lipinski definition) is 0. The molecule has 126 valence electrons. The molecule has 2 heterocycles. The van der Waals surface area contributed by atoms with Crippen LogP contribution in [0.25, 0.3) is 0 Å². The molecule has 3 rings (SSSR count). The number of carbonyl (C=O) groups excluding carboxylic acids is 1. The van der Waals surface area contributed by atoms with Crippen molar-refractivity contribution in [1.29, 1.82) is 0 Å². The molecular weight excluding hydrogens is 311 g/mol. The number of aromatic nitrogens is 1. The van der Waals surface area contributed by atoms with E-state index in [1.54, 1.807) is 11.1 Å². The Kier molecular flexibility index (Phi) is 4.93. The first-order valence-corrected chi connectivity index (χ1v) is 7.85. The zero-order valence-corrected chi connectivity index (χ0v) is 13.4. The van der Waals surface area contributed by atoms with Crippen LogP contribution in [0.2, 0.25) is 0 Å². The van der Waals surface area contributed by atoms with E-state index in [-0.39, 0.29) is 24.4 Å². The Morgan fingerprint density at radius 3 is 2.79 bits per heavy atom. The first-order chi connectivity index (χ1) is 11.6. The van der Waals surface area contributed by atoms with Gasteiger partial charge in [0.25, 0.3) is 5.91 Å². The van der Waals surface area contributed by atoms with Crippen LogP contribution in [0, 0.1) is 12.7 Å². The highest BCUT2D eigenvalue weighted by Crippen LogP contribution is 2.17. The number of benzene rings is 1. The van der Waals surface area contributed by atoms with Crippen molar-refractivity contribution in [2.45, 2.75) is 19.4 Å². The molecule has 1 aliphatic heterocycles. The summed E-state index contributed by atoms with van der Waals surface area (Å²) in [5, 5.41) is 0. The van der Waals surface area contributed by atoms with E-state index >= 15 is 0 Å². The van der Waals surface area contributed by atoms with Gasteiger partial charge >= 0.3 is 0 Å². The molecule has 5 nitrogen and oxygen atoms in total. The fourth-order valence-electron chi connectivity index (χ4n) is 2.51.